The van der Waals surface area contributed by atoms with Crippen LogP contribution in [-0.4, -0.2) is 36.9 Å². The van der Waals surface area contributed by atoms with Gasteiger partial charge in [0.2, 0.25) is 11.8 Å². The van der Waals surface area contributed by atoms with Crippen LogP contribution in [0.1, 0.15) is 25.8 Å². The fraction of sp³-hybridized carbons (Fsp3) is 0.368. The standard InChI is InChI=1S/C19H24N2O3/c1-4-11-24-18-10-9-15-7-5-6-8-16(15)17(18)13-21(3)19(23)12-20-14(2)22/h5-10H,4,11-13H2,1-3H3,(H,20,22). The van der Waals surface area contributed by atoms with Gasteiger partial charge in [0.05, 0.1) is 13.2 Å². The second kappa shape index (κ2) is 8.34. The number of carbonyl (C=O) groups is 2. The summed E-state index contributed by atoms with van der Waals surface area (Å²) in [6.45, 7) is 4.52. The minimum Gasteiger partial charge on any atom is -0.493 e. The van der Waals surface area contributed by atoms with E-state index in [-0.39, 0.29) is 18.4 Å². The number of ether oxygens (including phenoxy) is 1. The summed E-state index contributed by atoms with van der Waals surface area (Å²) in [6.07, 6.45) is 0.920. The number of nitrogens with one attached hydrogen (secondary N) is 1. The molecule has 0 saturated heterocycles. The smallest absolute Gasteiger partial charge is 0.242 e. The lowest BCUT2D eigenvalue weighted by Gasteiger charge is -2.21. The zero-order chi connectivity index (χ0) is 17.5. The van der Waals surface area contributed by atoms with Gasteiger partial charge in [0.25, 0.3) is 0 Å². The molecule has 0 saturated carbocycles. The van der Waals surface area contributed by atoms with Crippen LogP contribution in [-0.2, 0) is 16.1 Å². The van der Waals surface area contributed by atoms with Crippen LogP contribution in [0.5, 0.6) is 5.75 Å². The van der Waals surface area contributed by atoms with E-state index in [1.807, 2.05) is 36.4 Å². The minimum absolute atomic E-state index is 0.00174. The lowest BCUT2D eigenvalue weighted by Crippen LogP contribution is -2.37. The maximum Gasteiger partial charge on any atom is 0.242 e. The largest absolute Gasteiger partial charge is 0.493 e. The zero-order valence-electron chi connectivity index (χ0n) is 14.5. The number of nitrogens with zero attached hydrogens (tertiary/aromatic N) is 1. The number of fused-ring (bicyclic) bond motifs is 1. The summed E-state index contributed by atoms with van der Waals surface area (Å²) in [6, 6.07) is 12.0. The minimum atomic E-state index is -0.214. The normalized spacial score (nSPS) is 10.5. The number of benzene rings is 2. The highest BCUT2D eigenvalue weighted by molar-refractivity contribution is 5.89. The third-order valence-corrected chi connectivity index (χ3v) is 3.77. The quantitative estimate of drug-likeness (QED) is 0.850. The van der Waals surface area contributed by atoms with E-state index in [1.165, 1.54) is 6.92 Å². The van der Waals surface area contributed by atoms with Crippen molar-refractivity contribution in [3.63, 3.8) is 0 Å². The van der Waals surface area contributed by atoms with Gasteiger partial charge in [0.15, 0.2) is 0 Å². The predicted molar refractivity (Wildman–Crippen MR) is 94.9 cm³/mol. The van der Waals surface area contributed by atoms with Crippen molar-refractivity contribution in [2.45, 2.75) is 26.8 Å². The first-order valence-corrected chi connectivity index (χ1v) is 8.14. The van der Waals surface area contributed by atoms with Crippen LogP contribution in [0.2, 0.25) is 0 Å². The van der Waals surface area contributed by atoms with Crippen molar-refractivity contribution in [1.29, 1.82) is 0 Å². The van der Waals surface area contributed by atoms with E-state index in [9.17, 15) is 9.59 Å². The van der Waals surface area contributed by atoms with Crippen LogP contribution >= 0.6 is 0 Å². The van der Waals surface area contributed by atoms with E-state index in [2.05, 4.69) is 12.2 Å². The summed E-state index contributed by atoms with van der Waals surface area (Å²) in [5, 5.41) is 4.72. The van der Waals surface area contributed by atoms with Gasteiger partial charge in [-0.15, -0.1) is 0 Å². The van der Waals surface area contributed by atoms with Crippen LogP contribution in [0.4, 0.5) is 0 Å². The summed E-state index contributed by atoms with van der Waals surface area (Å²) in [5.74, 6) is 0.447. The highest BCUT2D eigenvalue weighted by Gasteiger charge is 2.15. The Kier molecular flexibility index (Phi) is 6.18. The van der Waals surface area contributed by atoms with Gasteiger partial charge in [-0.2, -0.15) is 0 Å². The zero-order valence-corrected chi connectivity index (χ0v) is 14.5. The molecule has 0 heterocycles. The van der Waals surface area contributed by atoms with Crippen molar-refractivity contribution in [3.8, 4) is 5.75 Å². The van der Waals surface area contributed by atoms with Gasteiger partial charge in [-0.25, -0.2) is 0 Å². The Morgan fingerprint density at radius 2 is 1.92 bits per heavy atom. The first-order chi connectivity index (χ1) is 11.5. The molecule has 0 aromatic heterocycles. The van der Waals surface area contributed by atoms with E-state index in [4.69, 9.17) is 4.74 Å². The Balaban J connectivity index is 2.27. The molecular formula is C19H24N2O3. The Morgan fingerprint density at radius 3 is 2.62 bits per heavy atom. The Hall–Kier alpha value is -2.56. The van der Waals surface area contributed by atoms with Crippen molar-refractivity contribution in [3.05, 3.63) is 42.0 Å². The second-order valence-electron chi connectivity index (χ2n) is 5.77. The molecule has 2 amide bonds. The second-order valence-corrected chi connectivity index (χ2v) is 5.77. The molecule has 0 aliphatic rings. The molecule has 2 aromatic rings. The van der Waals surface area contributed by atoms with Crippen molar-refractivity contribution < 1.29 is 14.3 Å². The molecule has 128 valence electrons. The predicted octanol–water partition coefficient (Wildman–Crippen LogP) is 2.72. The summed E-state index contributed by atoms with van der Waals surface area (Å²) >= 11 is 0. The van der Waals surface area contributed by atoms with Gasteiger partial charge in [-0.3, -0.25) is 9.59 Å². The first-order valence-electron chi connectivity index (χ1n) is 8.14. The van der Waals surface area contributed by atoms with Crippen LogP contribution in [0, 0.1) is 0 Å². The number of carbonyl (C=O) groups excluding carboxylic acids is 2. The topological polar surface area (TPSA) is 58.6 Å². The maximum atomic E-state index is 12.2. The van der Waals surface area contributed by atoms with Gasteiger partial charge < -0.3 is 15.0 Å². The lowest BCUT2D eigenvalue weighted by molar-refractivity contribution is -0.131. The van der Waals surface area contributed by atoms with Gasteiger partial charge in [-0.05, 0) is 23.3 Å². The summed E-state index contributed by atoms with van der Waals surface area (Å²) in [5.41, 5.74) is 0.986. The summed E-state index contributed by atoms with van der Waals surface area (Å²) < 4.78 is 5.87. The highest BCUT2D eigenvalue weighted by atomic mass is 16.5. The number of hydrogen-bond donors (Lipinski definition) is 1. The molecule has 2 rings (SSSR count). The monoisotopic (exact) mass is 328 g/mol. The molecule has 0 atom stereocenters. The van der Waals surface area contributed by atoms with Crippen molar-refractivity contribution in [2.24, 2.45) is 0 Å². The van der Waals surface area contributed by atoms with Gasteiger partial charge in [-0.1, -0.05) is 37.3 Å². The van der Waals surface area contributed by atoms with E-state index in [1.54, 1.807) is 11.9 Å². The molecule has 5 nitrogen and oxygen atoms in total. The van der Waals surface area contributed by atoms with Crippen LogP contribution in [0.15, 0.2) is 36.4 Å². The average Bonchev–Trinajstić information content (AvgIpc) is 2.58. The molecule has 2 aromatic carbocycles. The fourth-order valence-corrected chi connectivity index (χ4v) is 2.49. The van der Waals surface area contributed by atoms with Crippen LogP contribution in [0.25, 0.3) is 10.8 Å². The van der Waals surface area contributed by atoms with Gasteiger partial charge >= 0.3 is 0 Å². The molecule has 0 radical (unpaired) electrons. The first kappa shape index (κ1) is 17.8. The molecule has 0 unspecified atom stereocenters. The number of hydrogen-bond acceptors (Lipinski definition) is 3. The number of amides is 2. The maximum absolute atomic E-state index is 12.2. The van der Waals surface area contributed by atoms with E-state index in [0.29, 0.717) is 13.2 Å². The Bertz CT molecular complexity index is 728. The number of rotatable bonds is 7. The number of likely N-dealkylation sites (N-methyl/N-ethyl adjacent to an activating group) is 1. The average molecular weight is 328 g/mol. The van der Waals surface area contributed by atoms with E-state index < -0.39 is 0 Å². The summed E-state index contributed by atoms with van der Waals surface area (Å²) in [4.78, 5) is 24.8. The molecule has 0 aliphatic heterocycles. The molecule has 0 fully saturated rings. The lowest BCUT2D eigenvalue weighted by atomic mass is 10.0. The molecule has 0 bridgehead atoms. The molecule has 0 spiro atoms. The molecule has 5 heteroatoms. The SMILES string of the molecule is CCCOc1ccc2ccccc2c1CN(C)C(=O)CNC(C)=O. The third kappa shape index (κ3) is 4.47. The Morgan fingerprint density at radius 1 is 1.17 bits per heavy atom. The molecule has 1 N–H and O–H groups in total. The van der Waals surface area contributed by atoms with E-state index >= 15 is 0 Å². The van der Waals surface area contributed by atoms with Gasteiger partial charge in [0, 0.05) is 26.1 Å². The van der Waals surface area contributed by atoms with Crippen molar-refractivity contribution in [2.75, 3.05) is 20.2 Å². The fourth-order valence-electron chi connectivity index (χ4n) is 2.49. The van der Waals surface area contributed by atoms with E-state index in [0.717, 1.165) is 28.5 Å². The van der Waals surface area contributed by atoms with Crippen LogP contribution in [0.3, 0.4) is 0 Å². The summed E-state index contributed by atoms with van der Waals surface area (Å²) in [7, 11) is 1.73. The molecular weight excluding hydrogens is 304 g/mol. The van der Waals surface area contributed by atoms with Crippen LogP contribution < -0.4 is 10.1 Å². The highest BCUT2D eigenvalue weighted by Crippen LogP contribution is 2.29. The molecule has 0 aliphatic carbocycles. The Labute approximate surface area is 142 Å². The van der Waals surface area contributed by atoms with Crippen molar-refractivity contribution in [1.82, 2.24) is 10.2 Å². The van der Waals surface area contributed by atoms with Crippen molar-refractivity contribution >= 4 is 22.6 Å². The third-order valence-electron chi connectivity index (χ3n) is 3.77. The molecule has 24 heavy (non-hydrogen) atoms. The van der Waals surface area contributed by atoms with Gasteiger partial charge in [0.1, 0.15) is 5.75 Å².